The van der Waals surface area contributed by atoms with Gasteiger partial charge in [0.1, 0.15) is 17.6 Å². The van der Waals surface area contributed by atoms with Crippen LogP contribution in [-0.2, 0) is 4.79 Å². The highest BCUT2D eigenvalue weighted by atomic mass is 35.5. The normalized spacial score (nSPS) is 11.8. The van der Waals surface area contributed by atoms with E-state index in [9.17, 15) is 9.18 Å². The summed E-state index contributed by atoms with van der Waals surface area (Å²) >= 11 is 5.73. The molecule has 0 aliphatic rings. The number of hydrogen-bond donors (Lipinski definition) is 2. The number of hydrogen-bond acceptors (Lipinski definition) is 3. The summed E-state index contributed by atoms with van der Waals surface area (Å²) in [5.74, 6) is -0.442. The highest BCUT2D eigenvalue weighted by molar-refractivity contribution is 6.30. The average molecular weight is 309 g/mol. The van der Waals surface area contributed by atoms with E-state index in [4.69, 9.17) is 22.1 Å². The van der Waals surface area contributed by atoms with E-state index in [1.807, 2.05) is 0 Å². The minimum absolute atomic E-state index is 0.0599. The number of anilines is 1. The van der Waals surface area contributed by atoms with Crippen molar-refractivity contribution in [2.45, 2.75) is 6.04 Å². The number of nitrogens with one attached hydrogen (secondary N) is 1. The molecule has 1 unspecified atom stereocenters. The van der Waals surface area contributed by atoms with Gasteiger partial charge >= 0.3 is 0 Å². The van der Waals surface area contributed by atoms with Gasteiger partial charge in [-0.15, -0.1) is 0 Å². The number of carbonyl (C=O) groups excluding carboxylic acids is 1. The Hall–Kier alpha value is -2.27. The van der Waals surface area contributed by atoms with Gasteiger partial charge in [0.05, 0.1) is 12.1 Å². The van der Waals surface area contributed by atoms with Crippen LogP contribution in [0.1, 0.15) is 11.6 Å². The van der Waals surface area contributed by atoms with Gasteiger partial charge in [0, 0.05) is 5.69 Å². The van der Waals surface area contributed by atoms with E-state index in [1.54, 1.807) is 31.4 Å². The Labute approximate surface area is 126 Å². The molecule has 2 aromatic rings. The van der Waals surface area contributed by atoms with Crippen LogP contribution >= 0.6 is 11.6 Å². The summed E-state index contributed by atoms with van der Waals surface area (Å²) in [6, 6.07) is 10.2. The van der Waals surface area contributed by atoms with E-state index in [1.165, 1.54) is 18.2 Å². The Morgan fingerprint density at radius 3 is 2.48 bits per heavy atom. The monoisotopic (exact) mass is 308 g/mol. The zero-order chi connectivity index (χ0) is 15.4. The zero-order valence-corrected chi connectivity index (χ0v) is 12.0. The van der Waals surface area contributed by atoms with Crippen molar-refractivity contribution in [3.05, 3.63) is 58.9 Å². The maximum Gasteiger partial charge on any atom is 0.244 e. The molecule has 0 saturated carbocycles. The van der Waals surface area contributed by atoms with Gasteiger partial charge in [0.25, 0.3) is 0 Å². The topological polar surface area (TPSA) is 64.3 Å². The lowest BCUT2D eigenvalue weighted by molar-refractivity contribution is -0.118. The van der Waals surface area contributed by atoms with Gasteiger partial charge in [-0.25, -0.2) is 4.39 Å². The summed E-state index contributed by atoms with van der Waals surface area (Å²) in [6.07, 6.45) is 0. The van der Waals surface area contributed by atoms with Crippen LogP contribution in [0.2, 0.25) is 5.02 Å². The zero-order valence-electron chi connectivity index (χ0n) is 11.3. The summed E-state index contributed by atoms with van der Waals surface area (Å²) in [5.41, 5.74) is 6.57. The fraction of sp³-hybridized carbons (Fsp3) is 0.133. The van der Waals surface area contributed by atoms with E-state index in [2.05, 4.69) is 5.32 Å². The Balaban J connectivity index is 2.26. The second kappa shape index (κ2) is 6.45. The van der Waals surface area contributed by atoms with Crippen molar-refractivity contribution in [2.24, 2.45) is 5.73 Å². The Bertz CT molecular complexity index is 647. The molecule has 21 heavy (non-hydrogen) atoms. The lowest BCUT2D eigenvalue weighted by Gasteiger charge is -2.17. The Morgan fingerprint density at radius 1 is 1.29 bits per heavy atom. The maximum absolute atomic E-state index is 13.2. The van der Waals surface area contributed by atoms with Gasteiger partial charge < -0.3 is 15.8 Å². The predicted octanol–water partition coefficient (Wildman–Crippen LogP) is 3.13. The van der Waals surface area contributed by atoms with Crippen molar-refractivity contribution in [1.29, 1.82) is 0 Å². The highest BCUT2D eigenvalue weighted by Gasteiger charge is 2.18. The van der Waals surface area contributed by atoms with Crippen molar-refractivity contribution in [1.82, 2.24) is 0 Å². The van der Waals surface area contributed by atoms with Crippen LogP contribution in [0.4, 0.5) is 10.1 Å². The number of carbonyl (C=O) groups is 1. The molecule has 110 valence electrons. The predicted molar refractivity (Wildman–Crippen MR) is 80.0 cm³/mol. The molecule has 4 nitrogen and oxygen atoms in total. The molecule has 0 saturated heterocycles. The van der Waals surface area contributed by atoms with E-state index in [0.29, 0.717) is 17.0 Å². The molecule has 3 N–H and O–H groups in total. The van der Waals surface area contributed by atoms with Crippen LogP contribution in [0, 0.1) is 5.82 Å². The van der Waals surface area contributed by atoms with E-state index in [0.717, 1.165) is 0 Å². The van der Waals surface area contributed by atoms with Crippen LogP contribution < -0.4 is 15.8 Å². The Kier molecular flexibility index (Phi) is 4.65. The lowest BCUT2D eigenvalue weighted by atomic mass is 10.1. The number of amides is 1. The third-order valence-corrected chi connectivity index (χ3v) is 3.25. The molecule has 2 aromatic carbocycles. The molecular formula is C15H14ClFN2O2. The number of primary amides is 1. The Morgan fingerprint density at radius 2 is 1.95 bits per heavy atom. The van der Waals surface area contributed by atoms with Gasteiger partial charge in [-0.05, 0) is 42.0 Å². The minimum Gasteiger partial charge on any atom is -0.497 e. The molecule has 2 rings (SSSR count). The molecule has 0 fully saturated rings. The van der Waals surface area contributed by atoms with Crippen LogP contribution in [-0.4, -0.2) is 13.0 Å². The smallest absolute Gasteiger partial charge is 0.244 e. The second-order valence-electron chi connectivity index (χ2n) is 4.38. The lowest BCUT2D eigenvalue weighted by Crippen LogP contribution is -2.27. The third kappa shape index (κ3) is 3.64. The summed E-state index contributed by atoms with van der Waals surface area (Å²) in [6.45, 7) is 0. The molecule has 1 amide bonds. The number of ether oxygens (including phenoxy) is 1. The molecule has 0 radical (unpaired) electrons. The van der Waals surface area contributed by atoms with Crippen molar-refractivity contribution in [3.63, 3.8) is 0 Å². The van der Waals surface area contributed by atoms with Crippen LogP contribution in [0.3, 0.4) is 0 Å². The third-order valence-electron chi connectivity index (χ3n) is 2.96. The first-order valence-corrected chi connectivity index (χ1v) is 6.54. The molecule has 6 heteroatoms. The van der Waals surface area contributed by atoms with Gasteiger partial charge in [-0.1, -0.05) is 17.7 Å². The van der Waals surface area contributed by atoms with E-state index >= 15 is 0 Å². The molecule has 0 bridgehead atoms. The quantitative estimate of drug-likeness (QED) is 0.892. The summed E-state index contributed by atoms with van der Waals surface area (Å²) in [7, 11) is 1.56. The van der Waals surface area contributed by atoms with Crippen molar-refractivity contribution in [2.75, 3.05) is 12.4 Å². The molecule has 0 spiro atoms. The molecule has 0 aromatic heterocycles. The van der Waals surface area contributed by atoms with E-state index < -0.39 is 17.8 Å². The molecule has 0 heterocycles. The number of methoxy groups -OCH3 is 1. The first-order chi connectivity index (χ1) is 10.0. The number of rotatable bonds is 5. The van der Waals surface area contributed by atoms with Crippen LogP contribution in [0.15, 0.2) is 42.5 Å². The average Bonchev–Trinajstić information content (AvgIpc) is 2.48. The largest absolute Gasteiger partial charge is 0.497 e. The van der Waals surface area contributed by atoms with Gasteiger partial charge in [-0.2, -0.15) is 0 Å². The molecular weight excluding hydrogens is 295 g/mol. The standard InChI is InChI=1S/C15H14ClFN2O2/c1-21-11-5-3-10(4-6-11)19-14(15(18)20)9-2-7-13(17)12(16)8-9/h2-8,14,19H,1H3,(H2,18,20). The first-order valence-electron chi connectivity index (χ1n) is 6.16. The molecule has 1 atom stereocenters. The summed E-state index contributed by atoms with van der Waals surface area (Å²) in [4.78, 5) is 11.6. The summed E-state index contributed by atoms with van der Waals surface area (Å²) < 4.78 is 18.2. The van der Waals surface area contributed by atoms with Crippen LogP contribution in [0.5, 0.6) is 5.75 Å². The van der Waals surface area contributed by atoms with Gasteiger partial charge in [0.2, 0.25) is 5.91 Å². The summed E-state index contributed by atoms with van der Waals surface area (Å²) in [5, 5.41) is 2.92. The van der Waals surface area contributed by atoms with Crippen molar-refractivity contribution in [3.8, 4) is 5.75 Å². The van der Waals surface area contributed by atoms with E-state index in [-0.39, 0.29) is 5.02 Å². The number of halogens is 2. The second-order valence-corrected chi connectivity index (χ2v) is 4.79. The fourth-order valence-corrected chi connectivity index (χ4v) is 2.05. The minimum atomic E-state index is -0.809. The molecule has 0 aliphatic heterocycles. The first kappa shape index (κ1) is 15.1. The SMILES string of the molecule is COc1ccc(NC(C(N)=O)c2ccc(F)c(Cl)c2)cc1. The van der Waals surface area contributed by atoms with Gasteiger partial charge in [0.15, 0.2) is 0 Å². The number of benzene rings is 2. The number of nitrogens with two attached hydrogens (primary N) is 1. The van der Waals surface area contributed by atoms with Crippen LogP contribution in [0.25, 0.3) is 0 Å². The van der Waals surface area contributed by atoms with Crippen molar-refractivity contribution >= 4 is 23.2 Å². The fourth-order valence-electron chi connectivity index (χ4n) is 1.86. The van der Waals surface area contributed by atoms with Gasteiger partial charge in [-0.3, -0.25) is 4.79 Å². The van der Waals surface area contributed by atoms with Crippen molar-refractivity contribution < 1.29 is 13.9 Å². The highest BCUT2D eigenvalue weighted by Crippen LogP contribution is 2.25. The maximum atomic E-state index is 13.2. The molecule has 0 aliphatic carbocycles.